The molecule has 0 aliphatic heterocycles. The lowest BCUT2D eigenvalue weighted by Gasteiger charge is -2.03. The average Bonchev–Trinajstić information content (AvgIpc) is 2.10. The molecular weight excluding hydrogens is 227 g/mol. The van der Waals surface area contributed by atoms with Crippen LogP contribution in [0.1, 0.15) is 0 Å². The zero-order valence-electron chi connectivity index (χ0n) is 6.87. The van der Waals surface area contributed by atoms with Crippen LogP contribution in [0, 0.1) is 0 Å². The van der Waals surface area contributed by atoms with Crippen LogP contribution in [0.2, 0.25) is 10.0 Å². The van der Waals surface area contributed by atoms with Crippen LogP contribution >= 0.6 is 23.2 Å². The maximum absolute atomic E-state index is 10.9. The van der Waals surface area contributed by atoms with E-state index in [4.69, 9.17) is 28.4 Å². The Labute approximate surface area is 90.1 Å². The van der Waals surface area contributed by atoms with Gasteiger partial charge in [0.25, 0.3) is 5.91 Å². The normalized spacial score (nSPS) is 10.4. The smallest absolute Gasteiger partial charge is 0.270 e. The summed E-state index contributed by atoms with van der Waals surface area (Å²) in [6, 6.07) is 4.63. The predicted octanol–water partition coefficient (Wildman–Crippen LogP) is 2.39. The molecule has 0 radical (unpaired) electrons. The first-order chi connectivity index (χ1) is 6.63. The van der Waals surface area contributed by atoms with Crippen LogP contribution in [0.4, 0.5) is 5.69 Å². The molecule has 1 amide bonds. The van der Waals surface area contributed by atoms with Crippen LogP contribution < -0.4 is 5.32 Å². The summed E-state index contributed by atoms with van der Waals surface area (Å²) in [5.74, 6) is -0.572. The molecule has 2 N–H and O–H groups in total. The van der Waals surface area contributed by atoms with Crippen molar-refractivity contribution in [1.82, 2.24) is 0 Å². The van der Waals surface area contributed by atoms with E-state index >= 15 is 0 Å². The van der Waals surface area contributed by atoms with E-state index in [1.54, 1.807) is 12.1 Å². The number of nitrogens with zero attached hydrogens (tertiary/aromatic N) is 1. The molecule has 0 heterocycles. The van der Waals surface area contributed by atoms with E-state index in [-0.39, 0.29) is 0 Å². The van der Waals surface area contributed by atoms with Crippen molar-refractivity contribution in [2.45, 2.75) is 0 Å². The molecule has 0 unspecified atom stereocenters. The molecule has 0 aliphatic rings. The number of carbonyl (C=O) groups is 1. The fourth-order valence-electron chi connectivity index (χ4n) is 0.808. The number of hydrogen-bond acceptors (Lipinski definition) is 3. The van der Waals surface area contributed by atoms with Gasteiger partial charge in [0.1, 0.15) is 6.21 Å². The van der Waals surface area contributed by atoms with E-state index in [0.29, 0.717) is 15.7 Å². The largest absolute Gasteiger partial charge is 0.411 e. The second kappa shape index (κ2) is 4.83. The van der Waals surface area contributed by atoms with Gasteiger partial charge >= 0.3 is 0 Å². The Morgan fingerprint density at radius 1 is 1.50 bits per heavy atom. The van der Waals surface area contributed by atoms with Crippen molar-refractivity contribution in [3.63, 3.8) is 0 Å². The van der Waals surface area contributed by atoms with Crippen LogP contribution in [-0.4, -0.2) is 17.3 Å². The van der Waals surface area contributed by atoms with Crippen molar-refractivity contribution in [3.05, 3.63) is 28.2 Å². The minimum absolute atomic E-state index is 0.317. The lowest BCUT2D eigenvalue weighted by atomic mass is 10.3. The molecule has 0 aliphatic carbocycles. The Bertz CT molecular complexity index is 380. The number of anilines is 1. The van der Waals surface area contributed by atoms with E-state index in [9.17, 15) is 4.79 Å². The molecule has 0 fully saturated rings. The van der Waals surface area contributed by atoms with Gasteiger partial charge in [-0.25, -0.2) is 0 Å². The van der Waals surface area contributed by atoms with E-state index in [1.165, 1.54) is 6.07 Å². The summed E-state index contributed by atoms with van der Waals surface area (Å²) in [5.41, 5.74) is 0.404. The fraction of sp³-hybridized carbons (Fsp3) is 0. The quantitative estimate of drug-likeness (QED) is 0.468. The number of hydrogen-bond donors (Lipinski definition) is 2. The van der Waals surface area contributed by atoms with Crippen molar-refractivity contribution >= 4 is 41.0 Å². The summed E-state index contributed by atoms with van der Waals surface area (Å²) in [4.78, 5) is 10.9. The Morgan fingerprint density at radius 2 is 2.21 bits per heavy atom. The fourth-order valence-corrected chi connectivity index (χ4v) is 1.26. The Hall–Kier alpha value is -1.26. The minimum atomic E-state index is -0.572. The molecule has 0 saturated carbocycles. The Kier molecular flexibility index (Phi) is 3.73. The summed E-state index contributed by atoms with van der Waals surface area (Å²) in [6.07, 6.45) is 0.727. The Morgan fingerprint density at radius 3 is 2.79 bits per heavy atom. The summed E-state index contributed by atoms with van der Waals surface area (Å²) in [6.45, 7) is 0. The maximum Gasteiger partial charge on any atom is 0.270 e. The first-order valence-corrected chi connectivity index (χ1v) is 4.32. The lowest BCUT2D eigenvalue weighted by Crippen LogP contribution is -2.12. The molecule has 1 rings (SSSR count). The third kappa shape index (κ3) is 2.90. The number of rotatable bonds is 2. The highest BCUT2D eigenvalue weighted by Gasteiger charge is 2.03. The zero-order chi connectivity index (χ0) is 10.6. The van der Waals surface area contributed by atoms with Gasteiger partial charge in [-0.3, -0.25) is 4.79 Å². The monoisotopic (exact) mass is 232 g/mol. The predicted molar refractivity (Wildman–Crippen MR) is 55.4 cm³/mol. The summed E-state index contributed by atoms with van der Waals surface area (Å²) in [5, 5.41) is 13.8. The second-order valence-corrected chi connectivity index (χ2v) is 3.20. The molecule has 0 bridgehead atoms. The lowest BCUT2D eigenvalue weighted by molar-refractivity contribution is -0.110. The third-order valence-electron chi connectivity index (χ3n) is 1.36. The van der Waals surface area contributed by atoms with Gasteiger partial charge in [0.05, 0.1) is 10.7 Å². The summed E-state index contributed by atoms with van der Waals surface area (Å²) >= 11 is 11.4. The van der Waals surface area contributed by atoms with Gasteiger partial charge in [-0.2, -0.15) is 0 Å². The van der Waals surface area contributed by atoms with Gasteiger partial charge in [-0.05, 0) is 18.2 Å². The van der Waals surface area contributed by atoms with Crippen LogP contribution in [0.3, 0.4) is 0 Å². The first-order valence-electron chi connectivity index (χ1n) is 3.57. The molecule has 0 spiro atoms. The molecular formula is C8H6Cl2N2O2. The van der Waals surface area contributed by atoms with Crippen LogP contribution in [-0.2, 0) is 4.79 Å². The maximum atomic E-state index is 10.9. The minimum Gasteiger partial charge on any atom is -0.411 e. The van der Waals surface area contributed by atoms with Crippen LogP contribution in [0.25, 0.3) is 0 Å². The number of benzene rings is 1. The number of amides is 1. The average molecular weight is 233 g/mol. The van der Waals surface area contributed by atoms with E-state index in [1.807, 2.05) is 0 Å². The van der Waals surface area contributed by atoms with E-state index in [0.717, 1.165) is 6.21 Å². The molecule has 0 atom stereocenters. The van der Waals surface area contributed by atoms with Crippen molar-refractivity contribution < 1.29 is 10.0 Å². The number of oxime groups is 1. The second-order valence-electron chi connectivity index (χ2n) is 2.36. The van der Waals surface area contributed by atoms with Gasteiger partial charge in [0.15, 0.2) is 0 Å². The van der Waals surface area contributed by atoms with Crippen LogP contribution in [0.15, 0.2) is 23.4 Å². The van der Waals surface area contributed by atoms with Crippen LogP contribution in [0.5, 0.6) is 0 Å². The molecule has 14 heavy (non-hydrogen) atoms. The summed E-state index contributed by atoms with van der Waals surface area (Å²) in [7, 11) is 0. The van der Waals surface area contributed by atoms with Crippen molar-refractivity contribution in [2.75, 3.05) is 5.32 Å². The van der Waals surface area contributed by atoms with Gasteiger partial charge in [-0.1, -0.05) is 28.4 Å². The number of nitrogens with one attached hydrogen (secondary N) is 1. The SMILES string of the molecule is O=C(C=NO)Nc1ccc(Cl)cc1Cl. The third-order valence-corrected chi connectivity index (χ3v) is 1.91. The van der Waals surface area contributed by atoms with Gasteiger partial charge in [0.2, 0.25) is 0 Å². The highest BCUT2D eigenvalue weighted by atomic mass is 35.5. The molecule has 4 nitrogen and oxygen atoms in total. The van der Waals surface area contributed by atoms with Crippen molar-refractivity contribution in [2.24, 2.45) is 5.16 Å². The molecule has 1 aromatic carbocycles. The molecule has 74 valence electrons. The standard InChI is InChI=1S/C8H6Cl2N2O2/c9-5-1-2-7(6(10)3-5)12-8(13)4-11-14/h1-4,14H,(H,12,13). The van der Waals surface area contributed by atoms with Gasteiger partial charge in [0, 0.05) is 5.02 Å². The number of carbonyl (C=O) groups excluding carboxylic acids is 1. The summed E-state index contributed by atoms with van der Waals surface area (Å²) < 4.78 is 0. The molecule has 1 aromatic rings. The topological polar surface area (TPSA) is 61.7 Å². The van der Waals surface area contributed by atoms with Crippen molar-refractivity contribution in [3.8, 4) is 0 Å². The highest BCUT2D eigenvalue weighted by molar-refractivity contribution is 6.38. The highest BCUT2D eigenvalue weighted by Crippen LogP contribution is 2.24. The Balaban J connectivity index is 2.82. The van der Waals surface area contributed by atoms with Gasteiger partial charge < -0.3 is 10.5 Å². The first kappa shape index (κ1) is 10.8. The van der Waals surface area contributed by atoms with E-state index < -0.39 is 5.91 Å². The molecule has 0 aromatic heterocycles. The molecule has 6 heteroatoms. The van der Waals surface area contributed by atoms with Crippen molar-refractivity contribution in [1.29, 1.82) is 0 Å². The zero-order valence-corrected chi connectivity index (χ0v) is 8.38. The number of halogens is 2. The molecule has 0 saturated heterocycles. The van der Waals surface area contributed by atoms with E-state index in [2.05, 4.69) is 10.5 Å². The van der Waals surface area contributed by atoms with Gasteiger partial charge in [-0.15, -0.1) is 0 Å².